The molecule has 1 N–H and O–H groups in total. The molecular formula is C22H29N7OS. The maximum absolute atomic E-state index is 12.8. The summed E-state index contributed by atoms with van der Waals surface area (Å²) in [5.41, 5.74) is 1.96. The molecular weight excluding hydrogens is 410 g/mol. The van der Waals surface area contributed by atoms with Gasteiger partial charge in [0.25, 0.3) is 0 Å². The van der Waals surface area contributed by atoms with Crippen LogP contribution < -0.4 is 5.32 Å². The number of carbonyl (C=O) groups excluding carboxylic acids is 1. The number of hydrogen-bond donors (Lipinski definition) is 1. The van der Waals surface area contributed by atoms with E-state index in [1.165, 1.54) is 24.6 Å². The molecule has 31 heavy (non-hydrogen) atoms. The Balaban J connectivity index is 1.45. The molecule has 1 aliphatic carbocycles. The molecule has 4 rings (SSSR count). The Labute approximate surface area is 186 Å². The Hall–Kier alpha value is -2.68. The minimum absolute atomic E-state index is 0.0966. The van der Waals surface area contributed by atoms with Gasteiger partial charge in [-0.15, -0.1) is 5.10 Å². The third kappa shape index (κ3) is 5.33. The predicted octanol–water partition coefficient (Wildman–Crippen LogP) is 4.06. The first-order valence-corrected chi connectivity index (χ1v) is 11.7. The molecule has 0 unspecified atom stereocenters. The van der Waals surface area contributed by atoms with Gasteiger partial charge in [0.2, 0.25) is 11.1 Å². The van der Waals surface area contributed by atoms with Crippen LogP contribution in [0.3, 0.4) is 0 Å². The van der Waals surface area contributed by atoms with Gasteiger partial charge in [0, 0.05) is 11.5 Å². The fourth-order valence-corrected chi connectivity index (χ4v) is 4.47. The summed E-state index contributed by atoms with van der Waals surface area (Å²) in [6.45, 7) is 6.95. The monoisotopic (exact) mass is 439 g/mol. The topological polar surface area (TPSA) is 90.5 Å². The number of benzene rings is 1. The number of aromatic nitrogens is 6. The minimum Gasteiger partial charge on any atom is -0.310 e. The lowest BCUT2D eigenvalue weighted by Gasteiger charge is -2.14. The van der Waals surface area contributed by atoms with Crippen LogP contribution in [0.5, 0.6) is 0 Å². The van der Waals surface area contributed by atoms with Gasteiger partial charge in [-0.3, -0.25) is 4.79 Å². The first-order chi connectivity index (χ1) is 14.9. The van der Waals surface area contributed by atoms with Crippen LogP contribution >= 0.6 is 11.8 Å². The van der Waals surface area contributed by atoms with Crippen LogP contribution in [0.15, 0.2) is 41.6 Å². The van der Waals surface area contributed by atoms with Gasteiger partial charge in [0.15, 0.2) is 0 Å². The molecule has 1 fully saturated rings. The number of amides is 1. The van der Waals surface area contributed by atoms with Crippen LogP contribution in [0.25, 0.3) is 0 Å². The van der Waals surface area contributed by atoms with Crippen molar-refractivity contribution in [3.05, 3.63) is 47.7 Å². The molecule has 2 heterocycles. The van der Waals surface area contributed by atoms with Crippen molar-refractivity contribution < 1.29 is 4.79 Å². The number of nitrogens with one attached hydrogen (secondary N) is 1. The zero-order valence-electron chi connectivity index (χ0n) is 18.3. The predicted molar refractivity (Wildman–Crippen MR) is 121 cm³/mol. The molecule has 1 saturated carbocycles. The summed E-state index contributed by atoms with van der Waals surface area (Å²) < 4.78 is 3.74. The van der Waals surface area contributed by atoms with Gasteiger partial charge in [-0.25, -0.2) is 9.36 Å². The number of anilines is 1. The van der Waals surface area contributed by atoms with E-state index in [1.807, 2.05) is 33.6 Å². The summed E-state index contributed by atoms with van der Waals surface area (Å²) in [6, 6.07) is 12.4. The van der Waals surface area contributed by atoms with Crippen molar-refractivity contribution in [2.45, 2.75) is 69.6 Å². The van der Waals surface area contributed by atoms with Gasteiger partial charge in [-0.2, -0.15) is 5.10 Å². The summed E-state index contributed by atoms with van der Waals surface area (Å²) in [5.74, 6) is 0.851. The Morgan fingerprint density at radius 1 is 1.19 bits per heavy atom. The molecule has 1 aliphatic rings. The molecule has 0 atom stereocenters. The number of rotatable bonds is 7. The number of nitrogens with zero attached hydrogens (tertiary/aromatic N) is 6. The molecule has 3 aromatic rings. The number of thioether (sulfide) groups is 1. The molecule has 9 heteroatoms. The molecule has 0 radical (unpaired) electrons. The summed E-state index contributed by atoms with van der Waals surface area (Å²) in [5, 5.41) is 20.6. The van der Waals surface area contributed by atoms with E-state index in [0.29, 0.717) is 23.6 Å². The van der Waals surface area contributed by atoms with Gasteiger partial charge in [-0.1, -0.05) is 75.7 Å². The van der Waals surface area contributed by atoms with E-state index in [1.54, 1.807) is 0 Å². The van der Waals surface area contributed by atoms with E-state index in [2.05, 4.69) is 53.7 Å². The second kappa shape index (κ2) is 9.21. The fourth-order valence-electron chi connectivity index (χ4n) is 3.73. The van der Waals surface area contributed by atoms with E-state index in [0.717, 1.165) is 24.1 Å². The summed E-state index contributed by atoms with van der Waals surface area (Å²) in [6.07, 6.45) is 4.60. The second-order valence-corrected chi connectivity index (χ2v) is 9.93. The van der Waals surface area contributed by atoms with Gasteiger partial charge in [-0.05, 0) is 28.8 Å². The van der Waals surface area contributed by atoms with Gasteiger partial charge < -0.3 is 5.32 Å². The van der Waals surface area contributed by atoms with Crippen LogP contribution in [0.4, 0.5) is 5.82 Å². The molecule has 0 bridgehead atoms. The van der Waals surface area contributed by atoms with Crippen LogP contribution in [0, 0.1) is 0 Å². The summed E-state index contributed by atoms with van der Waals surface area (Å²) >= 11 is 1.38. The van der Waals surface area contributed by atoms with Crippen molar-refractivity contribution in [3.8, 4) is 0 Å². The lowest BCUT2D eigenvalue weighted by atomic mass is 9.92. The van der Waals surface area contributed by atoms with E-state index in [4.69, 9.17) is 5.10 Å². The lowest BCUT2D eigenvalue weighted by molar-refractivity contribution is -0.113. The highest BCUT2D eigenvalue weighted by Crippen LogP contribution is 2.31. The number of hydrogen-bond acceptors (Lipinski definition) is 6. The molecule has 1 amide bonds. The molecule has 2 aromatic heterocycles. The molecule has 164 valence electrons. The Bertz CT molecular complexity index is 1020. The van der Waals surface area contributed by atoms with Gasteiger partial charge >= 0.3 is 0 Å². The van der Waals surface area contributed by atoms with E-state index in [9.17, 15) is 4.79 Å². The number of tetrazole rings is 1. The first-order valence-electron chi connectivity index (χ1n) is 10.7. The quantitative estimate of drug-likeness (QED) is 0.558. The standard InChI is InChI=1S/C22H29N7OS/c1-22(2,3)18-13-19(28(25-18)14-16-9-5-4-6-10-16)23-20(30)15-31-21-24-26-27-29(21)17-11-7-8-12-17/h4-6,9-10,13,17H,7-8,11-12,14-15H2,1-3H3,(H,23,30). The van der Waals surface area contributed by atoms with Gasteiger partial charge in [0.05, 0.1) is 24.0 Å². The van der Waals surface area contributed by atoms with Crippen molar-refractivity contribution in [2.24, 2.45) is 0 Å². The Kier molecular flexibility index (Phi) is 6.41. The van der Waals surface area contributed by atoms with Crippen molar-refractivity contribution >= 4 is 23.5 Å². The lowest BCUT2D eigenvalue weighted by Crippen LogP contribution is -2.18. The average Bonchev–Trinajstić information content (AvgIpc) is 3.48. The Morgan fingerprint density at radius 2 is 1.94 bits per heavy atom. The summed E-state index contributed by atoms with van der Waals surface area (Å²) in [7, 11) is 0. The smallest absolute Gasteiger partial charge is 0.235 e. The molecule has 0 saturated heterocycles. The SMILES string of the molecule is CC(C)(C)c1cc(NC(=O)CSc2nnnn2C2CCCC2)n(Cc2ccccc2)n1. The van der Waals surface area contributed by atoms with E-state index >= 15 is 0 Å². The van der Waals surface area contributed by atoms with Crippen LogP contribution in [-0.2, 0) is 16.8 Å². The van der Waals surface area contributed by atoms with Crippen LogP contribution in [0.2, 0.25) is 0 Å². The molecule has 0 spiro atoms. The maximum atomic E-state index is 12.8. The van der Waals surface area contributed by atoms with Crippen molar-refractivity contribution in [3.63, 3.8) is 0 Å². The molecule has 1 aromatic carbocycles. The maximum Gasteiger partial charge on any atom is 0.235 e. The average molecular weight is 440 g/mol. The second-order valence-electron chi connectivity index (χ2n) is 8.99. The zero-order chi connectivity index (χ0) is 21.8. The van der Waals surface area contributed by atoms with Crippen molar-refractivity contribution in [1.82, 2.24) is 30.0 Å². The Morgan fingerprint density at radius 3 is 2.65 bits per heavy atom. The third-order valence-corrected chi connectivity index (χ3v) is 6.39. The largest absolute Gasteiger partial charge is 0.310 e. The third-order valence-electron chi connectivity index (χ3n) is 5.46. The normalized spacial score (nSPS) is 14.8. The fraction of sp³-hybridized carbons (Fsp3) is 0.500. The van der Waals surface area contributed by atoms with Crippen LogP contribution in [-0.4, -0.2) is 41.6 Å². The highest BCUT2D eigenvalue weighted by atomic mass is 32.2. The van der Waals surface area contributed by atoms with E-state index in [-0.39, 0.29) is 17.1 Å². The number of carbonyl (C=O) groups is 1. The van der Waals surface area contributed by atoms with E-state index < -0.39 is 0 Å². The summed E-state index contributed by atoms with van der Waals surface area (Å²) in [4.78, 5) is 12.8. The van der Waals surface area contributed by atoms with Gasteiger partial charge in [0.1, 0.15) is 5.82 Å². The molecule has 8 nitrogen and oxygen atoms in total. The first kappa shape index (κ1) is 21.5. The minimum atomic E-state index is -0.112. The van der Waals surface area contributed by atoms with Crippen molar-refractivity contribution in [1.29, 1.82) is 0 Å². The zero-order valence-corrected chi connectivity index (χ0v) is 19.1. The molecule has 0 aliphatic heterocycles. The van der Waals surface area contributed by atoms with Crippen LogP contribution in [0.1, 0.15) is 63.8 Å². The highest BCUT2D eigenvalue weighted by Gasteiger charge is 2.23. The highest BCUT2D eigenvalue weighted by molar-refractivity contribution is 7.99. The van der Waals surface area contributed by atoms with Crippen molar-refractivity contribution in [2.75, 3.05) is 11.1 Å².